The molecule has 0 heterocycles. The molecule has 0 bridgehead atoms. The number of aliphatic carboxylic acids is 1. The Hall–Kier alpha value is -1.41. The summed E-state index contributed by atoms with van der Waals surface area (Å²) in [6.07, 6.45) is -1.32. The average Bonchev–Trinajstić information content (AvgIpc) is 2.13. The fraction of sp³-hybridized carbons (Fsp3) is 0.750. The highest BCUT2D eigenvalue weighted by molar-refractivity contribution is 5.88. The first-order chi connectivity index (χ1) is 7.68. The van der Waals surface area contributed by atoms with Crippen LogP contribution in [0, 0.1) is 22.7 Å². The van der Waals surface area contributed by atoms with Gasteiger partial charge >= 0.3 is 5.97 Å². The number of hydrogen-bond acceptors (Lipinski definition) is 4. The molecule has 0 aromatic carbocycles. The van der Waals surface area contributed by atoms with E-state index in [0.29, 0.717) is 0 Å². The van der Waals surface area contributed by atoms with Gasteiger partial charge in [0.1, 0.15) is 5.78 Å². The summed E-state index contributed by atoms with van der Waals surface area (Å²) in [6, 6.07) is 1.80. The second kappa shape index (κ2) is 6.36. The van der Waals surface area contributed by atoms with Crippen molar-refractivity contribution in [1.29, 1.82) is 5.26 Å². The molecule has 17 heavy (non-hydrogen) atoms. The van der Waals surface area contributed by atoms with Crippen LogP contribution in [0.3, 0.4) is 0 Å². The maximum Gasteiger partial charge on any atom is 0.304 e. The normalized spacial score (nSPS) is 14.8. The standard InChI is InChI=1S/C12H19NO4/c1-12(2,3)11(17)8(7-10(15)16)6-9(14)4-5-13/h8-9,14H,4,6-7H2,1-3H3,(H,15,16). The van der Waals surface area contributed by atoms with E-state index in [-0.39, 0.29) is 25.0 Å². The molecule has 0 aromatic heterocycles. The maximum atomic E-state index is 12.0. The van der Waals surface area contributed by atoms with Crippen molar-refractivity contribution in [2.24, 2.45) is 11.3 Å². The van der Waals surface area contributed by atoms with Crippen molar-refractivity contribution in [1.82, 2.24) is 0 Å². The predicted molar refractivity (Wildman–Crippen MR) is 61.1 cm³/mol. The minimum absolute atomic E-state index is 0.0238. The fourth-order valence-corrected chi connectivity index (χ4v) is 1.62. The second-order valence-corrected chi connectivity index (χ2v) is 5.16. The van der Waals surface area contributed by atoms with Crippen LogP contribution in [-0.4, -0.2) is 28.1 Å². The van der Waals surface area contributed by atoms with Crippen LogP contribution in [0.4, 0.5) is 0 Å². The lowest BCUT2D eigenvalue weighted by molar-refractivity contribution is -0.143. The Labute approximate surface area is 101 Å². The van der Waals surface area contributed by atoms with Crippen molar-refractivity contribution < 1.29 is 19.8 Å². The van der Waals surface area contributed by atoms with E-state index in [4.69, 9.17) is 10.4 Å². The van der Waals surface area contributed by atoms with Crippen LogP contribution >= 0.6 is 0 Å². The summed E-state index contributed by atoms with van der Waals surface area (Å²) in [4.78, 5) is 22.7. The quantitative estimate of drug-likeness (QED) is 0.731. The van der Waals surface area contributed by atoms with Gasteiger partial charge in [0.2, 0.25) is 0 Å². The molecule has 0 aliphatic heterocycles. The number of aliphatic hydroxyl groups excluding tert-OH is 1. The molecule has 0 aliphatic carbocycles. The maximum absolute atomic E-state index is 12.0. The van der Waals surface area contributed by atoms with Crippen LogP contribution in [0.15, 0.2) is 0 Å². The zero-order chi connectivity index (χ0) is 13.6. The van der Waals surface area contributed by atoms with E-state index in [0.717, 1.165) is 0 Å². The second-order valence-electron chi connectivity index (χ2n) is 5.16. The van der Waals surface area contributed by atoms with Gasteiger partial charge < -0.3 is 10.2 Å². The molecule has 0 aliphatic rings. The Kier molecular flexibility index (Phi) is 5.83. The van der Waals surface area contributed by atoms with Crippen LogP contribution < -0.4 is 0 Å². The van der Waals surface area contributed by atoms with E-state index in [1.807, 2.05) is 0 Å². The van der Waals surface area contributed by atoms with E-state index in [1.165, 1.54) is 0 Å². The summed E-state index contributed by atoms with van der Waals surface area (Å²) in [5.74, 6) is -2.01. The summed E-state index contributed by atoms with van der Waals surface area (Å²) in [7, 11) is 0. The van der Waals surface area contributed by atoms with Gasteiger partial charge in [0, 0.05) is 11.3 Å². The van der Waals surface area contributed by atoms with Crippen LogP contribution in [0.25, 0.3) is 0 Å². The van der Waals surface area contributed by atoms with Crippen molar-refractivity contribution in [2.75, 3.05) is 0 Å². The van der Waals surface area contributed by atoms with Crippen molar-refractivity contribution in [3.63, 3.8) is 0 Å². The third kappa shape index (κ3) is 6.03. The number of hydrogen-bond donors (Lipinski definition) is 2. The van der Waals surface area contributed by atoms with Gasteiger partial charge in [0.25, 0.3) is 0 Å². The SMILES string of the molecule is CC(C)(C)C(=O)C(CC(=O)O)CC(O)CC#N. The van der Waals surface area contributed by atoms with Crippen LogP contribution in [0.2, 0.25) is 0 Å². The summed E-state index contributed by atoms with van der Waals surface area (Å²) in [6.45, 7) is 5.13. The monoisotopic (exact) mass is 241 g/mol. The molecular weight excluding hydrogens is 222 g/mol. The van der Waals surface area contributed by atoms with Gasteiger partial charge in [-0.3, -0.25) is 9.59 Å². The Morgan fingerprint density at radius 3 is 2.24 bits per heavy atom. The highest BCUT2D eigenvalue weighted by Gasteiger charge is 2.32. The van der Waals surface area contributed by atoms with Crippen molar-refractivity contribution in [2.45, 2.75) is 46.1 Å². The molecule has 5 nitrogen and oxygen atoms in total. The van der Waals surface area contributed by atoms with Gasteiger partial charge in [-0.2, -0.15) is 5.26 Å². The molecule has 0 saturated carbocycles. The highest BCUT2D eigenvalue weighted by Crippen LogP contribution is 2.26. The minimum Gasteiger partial charge on any atom is -0.481 e. The smallest absolute Gasteiger partial charge is 0.304 e. The van der Waals surface area contributed by atoms with Crippen LogP contribution in [-0.2, 0) is 9.59 Å². The van der Waals surface area contributed by atoms with Crippen molar-refractivity contribution >= 4 is 11.8 Å². The zero-order valence-electron chi connectivity index (χ0n) is 10.4. The predicted octanol–water partition coefficient (Wildman–Crippen LogP) is 1.36. The van der Waals surface area contributed by atoms with E-state index in [9.17, 15) is 14.7 Å². The molecule has 2 N–H and O–H groups in total. The molecule has 2 atom stereocenters. The van der Waals surface area contributed by atoms with E-state index >= 15 is 0 Å². The number of carboxylic acids is 1. The first-order valence-electron chi connectivity index (χ1n) is 5.49. The van der Waals surface area contributed by atoms with E-state index < -0.39 is 23.4 Å². The highest BCUT2D eigenvalue weighted by atomic mass is 16.4. The molecule has 0 rings (SSSR count). The molecule has 0 fully saturated rings. The lowest BCUT2D eigenvalue weighted by Crippen LogP contribution is -2.32. The number of carbonyl (C=O) groups excluding carboxylic acids is 1. The van der Waals surface area contributed by atoms with E-state index in [1.54, 1.807) is 26.8 Å². The Balaban J connectivity index is 4.72. The summed E-state index contributed by atoms with van der Waals surface area (Å²) in [5, 5.41) is 26.6. The Bertz CT molecular complexity index is 324. The topological polar surface area (TPSA) is 98.4 Å². The number of ketones is 1. The van der Waals surface area contributed by atoms with Crippen LogP contribution in [0.1, 0.15) is 40.0 Å². The zero-order valence-corrected chi connectivity index (χ0v) is 10.4. The fourth-order valence-electron chi connectivity index (χ4n) is 1.62. The molecule has 2 unspecified atom stereocenters. The number of aliphatic hydroxyl groups is 1. The van der Waals surface area contributed by atoms with E-state index in [2.05, 4.69) is 0 Å². The van der Waals surface area contributed by atoms with Gasteiger partial charge in [-0.25, -0.2) is 0 Å². The molecule has 96 valence electrons. The molecule has 0 saturated heterocycles. The molecule has 0 radical (unpaired) electrons. The van der Waals surface area contributed by atoms with Crippen molar-refractivity contribution in [3.8, 4) is 6.07 Å². The molecule has 0 spiro atoms. The summed E-state index contributed by atoms with van der Waals surface area (Å²) in [5.41, 5.74) is -0.646. The van der Waals surface area contributed by atoms with Gasteiger partial charge in [-0.1, -0.05) is 20.8 Å². The Morgan fingerprint density at radius 1 is 1.35 bits per heavy atom. The van der Waals surface area contributed by atoms with Crippen molar-refractivity contribution in [3.05, 3.63) is 0 Å². The minimum atomic E-state index is -1.07. The summed E-state index contributed by atoms with van der Waals surface area (Å²) < 4.78 is 0. The average molecular weight is 241 g/mol. The van der Waals surface area contributed by atoms with Gasteiger partial charge in [-0.05, 0) is 6.42 Å². The summed E-state index contributed by atoms with van der Waals surface area (Å²) >= 11 is 0. The number of rotatable bonds is 6. The molecule has 0 amide bonds. The first-order valence-corrected chi connectivity index (χ1v) is 5.49. The number of Topliss-reactive ketones (excluding diaryl/α,β-unsaturated/α-hetero) is 1. The number of nitriles is 1. The lowest BCUT2D eigenvalue weighted by atomic mass is 9.79. The largest absolute Gasteiger partial charge is 0.481 e. The number of carboxylic acid groups (broad SMARTS) is 1. The third-order valence-electron chi connectivity index (χ3n) is 2.41. The van der Waals surface area contributed by atoms with Gasteiger partial charge in [0.05, 0.1) is 25.0 Å². The van der Waals surface area contributed by atoms with Gasteiger partial charge in [-0.15, -0.1) is 0 Å². The number of nitrogens with zero attached hydrogens (tertiary/aromatic N) is 1. The molecule has 0 aromatic rings. The first kappa shape index (κ1) is 15.6. The Morgan fingerprint density at radius 2 is 1.88 bits per heavy atom. The molecular formula is C12H19NO4. The third-order valence-corrected chi connectivity index (χ3v) is 2.41. The molecule has 5 heteroatoms. The van der Waals surface area contributed by atoms with Gasteiger partial charge in [0.15, 0.2) is 0 Å². The number of carbonyl (C=O) groups is 2. The van der Waals surface area contributed by atoms with Crippen LogP contribution in [0.5, 0.6) is 0 Å². The lowest BCUT2D eigenvalue weighted by Gasteiger charge is -2.24.